The molecule has 0 saturated heterocycles. The number of guanidine groups is 1. The number of ether oxygens (including phenoxy) is 3. The van der Waals surface area contributed by atoms with Crippen molar-refractivity contribution in [3.05, 3.63) is 23.8 Å². The van der Waals surface area contributed by atoms with E-state index in [1.54, 1.807) is 21.3 Å². The van der Waals surface area contributed by atoms with Crippen LogP contribution in [0.25, 0.3) is 0 Å². The van der Waals surface area contributed by atoms with Gasteiger partial charge in [-0.2, -0.15) is 0 Å². The molecular weight excluding hydrogens is 469 g/mol. The summed E-state index contributed by atoms with van der Waals surface area (Å²) < 4.78 is 16.6. The van der Waals surface area contributed by atoms with E-state index in [0.29, 0.717) is 6.10 Å². The molecule has 2 rings (SSSR count). The molecular formula is C21H36IN3O3. The molecule has 0 amide bonds. The number of methoxy groups -OCH3 is 2. The monoisotopic (exact) mass is 505 g/mol. The summed E-state index contributed by atoms with van der Waals surface area (Å²) in [7, 11) is 5.10. The Bertz CT molecular complexity index is 578. The van der Waals surface area contributed by atoms with Crippen molar-refractivity contribution < 1.29 is 14.2 Å². The second-order valence-corrected chi connectivity index (χ2v) is 6.85. The van der Waals surface area contributed by atoms with E-state index >= 15 is 0 Å². The molecule has 1 aliphatic carbocycles. The molecule has 0 radical (unpaired) electrons. The fourth-order valence-corrected chi connectivity index (χ4v) is 3.34. The lowest BCUT2D eigenvalue weighted by molar-refractivity contribution is 0.0277. The van der Waals surface area contributed by atoms with Gasteiger partial charge in [0.1, 0.15) is 0 Å². The summed E-state index contributed by atoms with van der Waals surface area (Å²) in [6.45, 7) is 2.48. The van der Waals surface area contributed by atoms with Crippen LogP contribution in [0.1, 0.15) is 44.1 Å². The molecule has 0 heterocycles. The fourth-order valence-electron chi connectivity index (χ4n) is 3.34. The van der Waals surface area contributed by atoms with Crippen LogP contribution in [0.5, 0.6) is 11.5 Å². The molecule has 7 heteroatoms. The third-order valence-electron chi connectivity index (χ3n) is 4.90. The quantitative estimate of drug-likeness (QED) is 0.220. The predicted octanol–water partition coefficient (Wildman–Crippen LogP) is 3.77. The predicted molar refractivity (Wildman–Crippen MR) is 125 cm³/mol. The van der Waals surface area contributed by atoms with Gasteiger partial charge in [-0.3, -0.25) is 4.99 Å². The van der Waals surface area contributed by atoms with Crippen LogP contribution in [0.4, 0.5) is 0 Å². The highest BCUT2D eigenvalue weighted by Gasteiger charge is 2.13. The lowest BCUT2D eigenvalue weighted by atomic mass is 9.98. The summed E-state index contributed by atoms with van der Waals surface area (Å²) in [6.07, 6.45) is 8.82. The maximum atomic E-state index is 5.96. The first-order valence-corrected chi connectivity index (χ1v) is 10.0. The second-order valence-electron chi connectivity index (χ2n) is 6.85. The number of aliphatic imine (C=N–C) groups is 1. The molecule has 1 fully saturated rings. The molecule has 0 atom stereocenters. The van der Waals surface area contributed by atoms with Gasteiger partial charge in [0.05, 0.1) is 20.3 Å². The maximum Gasteiger partial charge on any atom is 0.190 e. The average molecular weight is 505 g/mol. The summed E-state index contributed by atoms with van der Waals surface area (Å²) in [5.74, 6) is 2.34. The number of hydrogen-bond donors (Lipinski definition) is 2. The minimum atomic E-state index is 0. The molecule has 0 aromatic heterocycles. The Hall–Kier alpha value is -1.22. The van der Waals surface area contributed by atoms with E-state index in [0.717, 1.165) is 50.0 Å². The Morgan fingerprint density at radius 1 is 1.04 bits per heavy atom. The van der Waals surface area contributed by atoms with Gasteiger partial charge in [-0.25, -0.2) is 0 Å². The first-order valence-electron chi connectivity index (χ1n) is 10.0. The van der Waals surface area contributed by atoms with Crippen molar-refractivity contribution in [2.75, 3.05) is 41.0 Å². The highest BCUT2D eigenvalue weighted by atomic mass is 127. The van der Waals surface area contributed by atoms with Crippen molar-refractivity contribution in [1.82, 2.24) is 10.6 Å². The third kappa shape index (κ3) is 8.86. The fraction of sp³-hybridized carbons (Fsp3) is 0.667. The van der Waals surface area contributed by atoms with Crippen molar-refractivity contribution in [3.8, 4) is 11.5 Å². The van der Waals surface area contributed by atoms with E-state index in [1.165, 1.54) is 37.7 Å². The number of halogens is 1. The van der Waals surface area contributed by atoms with Gasteiger partial charge in [-0.05, 0) is 43.4 Å². The van der Waals surface area contributed by atoms with Crippen molar-refractivity contribution in [3.63, 3.8) is 0 Å². The Kier molecular flexibility index (Phi) is 13.1. The van der Waals surface area contributed by atoms with Crippen molar-refractivity contribution in [1.29, 1.82) is 0 Å². The topological polar surface area (TPSA) is 64.1 Å². The molecule has 2 N–H and O–H groups in total. The molecule has 28 heavy (non-hydrogen) atoms. The van der Waals surface area contributed by atoms with Crippen LogP contribution in [-0.4, -0.2) is 53.0 Å². The minimum Gasteiger partial charge on any atom is -0.493 e. The van der Waals surface area contributed by atoms with Crippen molar-refractivity contribution in [2.45, 2.75) is 51.0 Å². The largest absolute Gasteiger partial charge is 0.493 e. The summed E-state index contributed by atoms with van der Waals surface area (Å²) in [4.78, 5) is 4.28. The van der Waals surface area contributed by atoms with Gasteiger partial charge in [-0.15, -0.1) is 24.0 Å². The van der Waals surface area contributed by atoms with Crippen LogP contribution in [-0.2, 0) is 11.2 Å². The molecule has 160 valence electrons. The SMILES string of the molecule is CN=C(NCCCOC1CCCCC1)NCCc1ccc(OC)c(OC)c1.I. The van der Waals surface area contributed by atoms with Crippen LogP contribution in [0.2, 0.25) is 0 Å². The standard InChI is InChI=1S/C21H35N3O3.HI/c1-22-21(23-13-7-15-27-18-8-5-4-6-9-18)24-14-12-17-10-11-19(25-2)20(16-17)26-3;/h10-11,16,18H,4-9,12-15H2,1-3H3,(H2,22,23,24);1H. The van der Waals surface area contributed by atoms with Gasteiger partial charge in [0.2, 0.25) is 0 Å². The third-order valence-corrected chi connectivity index (χ3v) is 4.90. The molecule has 1 aromatic rings. The smallest absolute Gasteiger partial charge is 0.190 e. The highest BCUT2D eigenvalue weighted by Crippen LogP contribution is 2.27. The Balaban J connectivity index is 0.00000392. The summed E-state index contributed by atoms with van der Waals surface area (Å²) in [5, 5.41) is 6.70. The summed E-state index contributed by atoms with van der Waals surface area (Å²) >= 11 is 0. The molecule has 1 aromatic carbocycles. The van der Waals surface area contributed by atoms with Crippen LogP contribution in [0.3, 0.4) is 0 Å². The Morgan fingerprint density at radius 3 is 2.43 bits per heavy atom. The van der Waals surface area contributed by atoms with Crippen molar-refractivity contribution in [2.24, 2.45) is 4.99 Å². The molecule has 1 saturated carbocycles. The van der Waals surface area contributed by atoms with Gasteiger partial charge < -0.3 is 24.8 Å². The zero-order valence-electron chi connectivity index (χ0n) is 17.5. The normalized spacial score (nSPS) is 14.9. The highest BCUT2D eigenvalue weighted by molar-refractivity contribution is 14.0. The Morgan fingerprint density at radius 2 is 1.75 bits per heavy atom. The molecule has 0 bridgehead atoms. The van der Waals surface area contributed by atoms with Gasteiger partial charge in [0.15, 0.2) is 17.5 Å². The van der Waals surface area contributed by atoms with Gasteiger partial charge in [0.25, 0.3) is 0 Å². The first-order chi connectivity index (χ1) is 13.3. The molecule has 0 spiro atoms. The van der Waals surface area contributed by atoms with E-state index < -0.39 is 0 Å². The molecule has 1 aliphatic rings. The van der Waals surface area contributed by atoms with Crippen LogP contribution < -0.4 is 20.1 Å². The van der Waals surface area contributed by atoms with E-state index in [1.807, 2.05) is 12.1 Å². The van der Waals surface area contributed by atoms with E-state index in [-0.39, 0.29) is 24.0 Å². The number of nitrogens with zero attached hydrogens (tertiary/aromatic N) is 1. The molecule has 0 aliphatic heterocycles. The van der Waals surface area contributed by atoms with E-state index in [9.17, 15) is 0 Å². The summed E-state index contributed by atoms with van der Waals surface area (Å²) in [5.41, 5.74) is 1.19. The zero-order chi connectivity index (χ0) is 19.3. The number of nitrogens with one attached hydrogen (secondary N) is 2. The lowest BCUT2D eigenvalue weighted by Crippen LogP contribution is -2.39. The number of benzene rings is 1. The van der Waals surface area contributed by atoms with Gasteiger partial charge in [0, 0.05) is 26.7 Å². The number of rotatable bonds is 10. The zero-order valence-corrected chi connectivity index (χ0v) is 19.8. The van der Waals surface area contributed by atoms with Crippen LogP contribution in [0.15, 0.2) is 23.2 Å². The first kappa shape index (κ1) is 24.8. The number of hydrogen-bond acceptors (Lipinski definition) is 4. The van der Waals surface area contributed by atoms with Gasteiger partial charge in [-0.1, -0.05) is 25.3 Å². The molecule has 0 unspecified atom stereocenters. The second kappa shape index (κ2) is 14.7. The van der Waals surface area contributed by atoms with E-state index in [2.05, 4.69) is 21.7 Å². The average Bonchev–Trinajstić information content (AvgIpc) is 2.72. The Labute approximate surface area is 186 Å². The van der Waals surface area contributed by atoms with Gasteiger partial charge >= 0.3 is 0 Å². The lowest BCUT2D eigenvalue weighted by Gasteiger charge is -2.22. The maximum absolute atomic E-state index is 5.96. The van der Waals surface area contributed by atoms with Crippen LogP contribution in [0, 0.1) is 0 Å². The van der Waals surface area contributed by atoms with Crippen LogP contribution >= 0.6 is 24.0 Å². The summed E-state index contributed by atoms with van der Waals surface area (Å²) in [6, 6.07) is 6.01. The molecule has 6 nitrogen and oxygen atoms in total. The van der Waals surface area contributed by atoms with Crippen molar-refractivity contribution >= 4 is 29.9 Å². The minimum absolute atomic E-state index is 0. The van der Waals surface area contributed by atoms with E-state index in [4.69, 9.17) is 14.2 Å².